The van der Waals surface area contributed by atoms with E-state index in [1.807, 2.05) is 31.3 Å². The summed E-state index contributed by atoms with van der Waals surface area (Å²) < 4.78 is 15.2. The van der Waals surface area contributed by atoms with Crippen LogP contribution >= 0.6 is 0 Å². The molecule has 0 aliphatic rings. The lowest BCUT2D eigenvalue weighted by atomic mass is 10.1. The average molecular weight is 426 g/mol. The number of carbonyl (C=O) groups is 3. The van der Waals surface area contributed by atoms with Gasteiger partial charge in [0.25, 0.3) is 0 Å². The van der Waals surface area contributed by atoms with Crippen LogP contribution in [0.1, 0.15) is 25.0 Å². The summed E-state index contributed by atoms with van der Waals surface area (Å²) in [5.74, 6) is -0.852. The summed E-state index contributed by atoms with van der Waals surface area (Å²) in [6, 6.07) is 14.5. The number of nitrogens with one attached hydrogen (secondary N) is 2. The third-order valence-electron chi connectivity index (χ3n) is 4.06. The molecule has 8 heteroatoms. The summed E-state index contributed by atoms with van der Waals surface area (Å²) in [4.78, 5) is 34.1. The SMILES string of the molecule is CNc1ccc(COC(=O)Nc2ccc(C=C(COC(C)=O)COC(C)=O)cc2)cc1. The minimum Gasteiger partial charge on any atom is -0.461 e. The summed E-state index contributed by atoms with van der Waals surface area (Å²) in [5, 5.41) is 5.69. The molecule has 0 aliphatic heterocycles. The lowest BCUT2D eigenvalue weighted by molar-refractivity contribution is -0.141. The Morgan fingerprint density at radius 1 is 0.806 bits per heavy atom. The molecule has 2 aromatic carbocycles. The van der Waals surface area contributed by atoms with Crippen LogP contribution in [0.5, 0.6) is 0 Å². The van der Waals surface area contributed by atoms with E-state index in [1.54, 1.807) is 30.3 Å². The van der Waals surface area contributed by atoms with Gasteiger partial charge in [0, 0.05) is 37.8 Å². The van der Waals surface area contributed by atoms with Crippen LogP contribution in [-0.2, 0) is 30.4 Å². The molecule has 1 amide bonds. The van der Waals surface area contributed by atoms with Gasteiger partial charge in [-0.2, -0.15) is 0 Å². The van der Waals surface area contributed by atoms with Crippen molar-refractivity contribution in [3.63, 3.8) is 0 Å². The first-order valence-corrected chi connectivity index (χ1v) is 9.62. The number of hydrogen-bond acceptors (Lipinski definition) is 7. The maximum absolute atomic E-state index is 12.0. The molecule has 0 heterocycles. The standard InChI is InChI=1S/C23H26N2O6/c1-16(26)29-14-20(15-30-17(2)27)12-18-4-10-22(11-5-18)25-23(28)31-13-19-6-8-21(24-3)9-7-19/h4-12,24H,13-15H2,1-3H3,(H,25,28). The van der Waals surface area contributed by atoms with Gasteiger partial charge in [-0.05, 0) is 41.5 Å². The average Bonchev–Trinajstić information content (AvgIpc) is 2.75. The molecule has 31 heavy (non-hydrogen) atoms. The topological polar surface area (TPSA) is 103 Å². The molecule has 0 bridgehead atoms. The Hall–Kier alpha value is -3.81. The predicted molar refractivity (Wildman–Crippen MR) is 117 cm³/mol. The van der Waals surface area contributed by atoms with Crippen LogP contribution in [0.3, 0.4) is 0 Å². The maximum Gasteiger partial charge on any atom is 0.411 e. The number of esters is 2. The van der Waals surface area contributed by atoms with Crippen molar-refractivity contribution in [1.82, 2.24) is 0 Å². The molecular weight excluding hydrogens is 400 g/mol. The zero-order chi connectivity index (χ0) is 22.6. The van der Waals surface area contributed by atoms with Crippen LogP contribution in [0.2, 0.25) is 0 Å². The highest BCUT2D eigenvalue weighted by molar-refractivity contribution is 5.84. The van der Waals surface area contributed by atoms with Crippen molar-refractivity contribution < 1.29 is 28.6 Å². The van der Waals surface area contributed by atoms with E-state index in [2.05, 4.69) is 10.6 Å². The highest BCUT2D eigenvalue weighted by atomic mass is 16.6. The number of ether oxygens (including phenoxy) is 3. The molecule has 164 valence electrons. The number of amides is 1. The normalized spacial score (nSPS) is 9.90. The second-order valence-corrected chi connectivity index (χ2v) is 6.63. The quantitative estimate of drug-likeness (QED) is 0.462. The van der Waals surface area contributed by atoms with Gasteiger partial charge in [0.2, 0.25) is 0 Å². The second-order valence-electron chi connectivity index (χ2n) is 6.63. The highest BCUT2D eigenvalue weighted by Gasteiger charge is 2.06. The zero-order valence-corrected chi connectivity index (χ0v) is 17.8. The third kappa shape index (κ3) is 9.03. The molecule has 0 atom stereocenters. The summed E-state index contributed by atoms with van der Waals surface area (Å²) in [6.07, 6.45) is 1.19. The second kappa shape index (κ2) is 12.0. The summed E-state index contributed by atoms with van der Waals surface area (Å²) in [7, 11) is 1.83. The van der Waals surface area contributed by atoms with Gasteiger partial charge in [-0.25, -0.2) is 4.79 Å². The molecule has 2 N–H and O–H groups in total. The van der Waals surface area contributed by atoms with Crippen LogP contribution in [0, 0.1) is 0 Å². The van der Waals surface area contributed by atoms with Crippen LogP contribution in [0.25, 0.3) is 6.08 Å². The van der Waals surface area contributed by atoms with Gasteiger partial charge in [0.05, 0.1) is 0 Å². The van der Waals surface area contributed by atoms with Gasteiger partial charge in [-0.15, -0.1) is 0 Å². The Morgan fingerprint density at radius 3 is 1.87 bits per heavy atom. The van der Waals surface area contributed by atoms with Crippen LogP contribution in [0.4, 0.5) is 16.2 Å². The molecule has 0 spiro atoms. The van der Waals surface area contributed by atoms with Gasteiger partial charge >= 0.3 is 18.0 Å². The highest BCUT2D eigenvalue weighted by Crippen LogP contribution is 2.15. The van der Waals surface area contributed by atoms with E-state index < -0.39 is 18.0 Å². The molecule has 0 saturated carbocycles. The van der Waals surface area contributed by atoms with Crippen molar-refractivity contribution in [3.8, 4) is 0 Å². The number of hydrogen-bond donors (Lipinski definition) is 2. The predicted octanol–water partition coefficient (Wildman–Crippen LogP) is 3.99. The van der Waals surface area contributed by atoms with Crippen molar-refractivity contribution >= 4 is 35.5 Å². The fraction of sp³-hybridized carbons (Fsp3) is 0.261. The number of carbonyl (C=O) groups excluding carboxylic acids is 3. The van der Waals surface area contributed by atoms with Gasteiger partial charge < -0.3 is 19.5 Å². The van der Waals surface area contributed by atoms with Gasteiger partial charge in [-0.3, -0.25) is 14.9 Å². The fourth-order valence-corrected chi connectivity index (χ4v) is 2.48. The van der Waals surface area contributed by atoms with E-state index in [-0.39, 0.29) is 19.8 Å². The van der Waals surface area contributed by atoms with E-state index in [4.69, 9.17) is 14.2 Å². The lowest BCUT2D eigenvalue weighted by Gasteiger charge is -2.10. The molecular formula is C23H26N2O6. The van der Waals surface area contributed by atoms with Crippen LogP contribution in [0.15, 0.2) is 54.1 Å². The largest absolute Gasteiger partial charge is 0.461 e. The molecule has 0 radical (unpaired) electrons. The van der Waals surface area contributed by atoms with Gasteiger partial charge in [0.1, 0.15) is 19.8 Å². The Balaban J connectivity index is 1.92. The molecule has 0 saturated heterocycles. The van der Waals surface area contributed by atoms with E-state index in [0.29, 0.717) is 11.3 Å². The molecule has 0 aliphatic carbocycles. The molecule has 0 aromatic heterocycles. The fourth-order valence-electron chi connectivity index (χ4n) is 2.48. The first kappa shape index (κ1) is 23.5. The molecule has 2 rings (SSSR count). The van der Waals surface area contributed by atoms with Crippen molar-refractivity contribution in [2.45, 2.75) is 20.5 Å². The molecule has 8 nitrogen and oxygen atoms in total. The van der Waals surface area contributed by atoms with Crippen LogP contribution in [-0.4, -0.2) is 38.3 Å². The minimum atomic E-state index is -0.564. The summed E-state index contributed by atoms with van der Waals surface area (Å²) in [5.41, 5.74) is 3.83. The van der Waals surface area contributed by atoms with Crippen molar-refractivity contribution in [3.05, 3.63) is 65.2 Å². The molecule has 2 aromatic rings. The van der Waals surface area contributed by atoms with Crippen molar-refractivity contribution in [2.75, 3.05) is 30.9 Å². The Labute approximate surface area is 181 Å². The first-order valence-electron chi connectivity index (χ1n) is 9.62. The monoisotopic (exact) mass is 426 g/mol. The van der Waals surface area contributed by atoms with Gasteiger partial charge in [-0.1, -0.05) is 24.3 Å². The third-order valence-corrected chi connectivity index (χ3v) is 4.06. The van der Waals surface area contributed by atoms with E-state index in [1.165, 1.54) is 13.8 Å². The summed E-state index contributed by atoms with van der Waals surface area (Å²) >= 11 is 0. The van der Waals surface area contributed by atoms with E-state index >= 15 is 0 Å². The smallest absolute Gasteiger partial charge is 0.411 e. The van der Waals surface area contributed by atoms with Gasteiger partial charge in [0.15, 0.2) is 0 Å². The Bertz CT molecular complexity index is 900. The molecule has 0 fully saturated rings. The van der Waals surface area contributed by atoms with E-state index in [0.717, 1.165) is 16.8 Å². The number of anilines is 2. The summed E-state index contributed by atoms with van der Waals surface area (Å²) in [6.45, 7) is 2.81. The van der Waals surface area contributed by atoms with E-state index in [9.17, 15) is 14.4 Å². The number of rotatable bonds is 9. The minimum absolute atomic E-state index is 0.0181. The zero-order valence-electron chi connectivity index (χ0n) is 17.8. The molecule has 0 unspecified atom stereocenters. The Kier molecular flexibility index (Phi) is 9.10. The van der Waals surface area contributed by atoms with Crippen LogP contribution < -0.4 is 10.6 Å². The Morgan fingerprint density at radius 2 is 1.35 bits per heavy atom. The van der Waals surface area contributed by atoms with Crippen molar-refractivity contribution in [2.24, 2.45) is 0 Å². The first-order chi connectivity index (χ1) is 14.9. The maximum atomic E-state index is 12.0. The van der Waals surface area contributed by atoms with Crippen molar-refractivity contribution in [1.29, 1.82) is 0 Å². The lowest BCUT2D eigenvalue weighted by Crippen LogP contribution is -2.13. The number of benzene rings is 2.